The molecule has 0 aromatic heterocycles. The number of esters is 3. The van der Waals surface area contributed by atoms with Gasteiger partial charge >= 0.3 is 17.9 Å². The van der Waals surface area contributed by atoms with Gasteiger partial charge in [0, 0.05) is 19.3 Å². The van der Waals surface area contributed by atoms with E-state index in [1.165, 1.54) is 205 Å². The Morgan fingerprint density at radius 3 is 0.833 bits per heavy atom. The molecule has 0 fully saturated rings. The normalized spacial score (nSPS) is 12.5. The van der Waals surface area contributed by atoms with Crippen LogP contribution in [0.5, 0.6) is 0 Å². The SMILES string of the molecule is CC/C=C\C/C=C\C/C=C\C/C=C\C/C=C\CCCCCC(=O)OC(COC(=O)CCCCCCC/C=C\CCCCC)COC(=O)CCCCCCCCCCCCCCCCCCCCCCCCCCCCCCC. The van der Waals surface area contributed by atoms with Gasteiger partial charge in [-0.2, -0.15) is 0 Å². The minimum atomic E-state index is -0.796. The molecular formula is C72H128O6. The number of rotatable bonds is 62. The zero-order chi connectivity index (χ0) is 56.4. The van der Waals surface area contributed by atoms with Crippen molar-refractivity contribution in [2.24, 2.45) is 0 Å². The Kier molecular flexibility index (Phi) is 63.7. The molecule has 0 spiro atoms. The molecule has 78 heavy (non-hydrogen) atoms. The highest BCUT2D eigenvalue weighted by molar-refractivity contribution is 5.71. The molecule has 0 heterocycles. The smallest absolute Gasteiger partial charge is 0.306 e. The predicted molar refractivity (Wildman–Crippen MR) is 339 cm³/mol. The van der Waals surface area contributed by atoms with Gasteiger partial charge in [-0.05, 0) is 89.9 Å². The Morgan fingerprint density at radius 2 is 0.500 bits per heavy atom. The number of carbonyl (C=O) groups excluding carboxylic acids is 3. The Morgan fingerprint density at radius 1 is 0.269 bits per heavy atom. The van der Waals surface area contributed by atoms with Gasteiger partial charge in [-0.3, -0.25) is 14.4 Å². The van der Waals surface area contributed by atoms with Crippen LogP contribution in [0.1, 0.15) is 348 Å². The molecule has 6 heteroatoms. The molecule has 0 saturated carbocycles. The summed E-state index contributed by atoms with van der Waals surface area (Å²) in [5.41, 5.74) is 0. The minimum absolute atomic E-state index is 0.0888. The second-order valence-electron chi connectivity index (χ2n) is 22.7. The topological polar surface area (TPSA) is 78.9 Å². The minimum Gasteiger partial charge on any atom is -0.462 e. The third-order valence-electron chi connectivity index (χ3n) is 14.9. The van der Waals surface area contributed by atoms with Crippen molar-refractivity contribution in [1.82, 2.24) is 0 Å². The van der Waals surface area contributed by atoms with Gasteiger partial charge in [0.25, 0.3) is 0 Å². The molecule has 0 radical (unpaired) electrons. The summed E-state index contributed by atoms with van der Waals surface area (Å²) in [7, 11) is 0. The van der Waals surface area contributed by atoms with E-state index in [0.29, 0.717) is 19.3 Å². The maximum Gasteiger partial charge on any atom is 0.306 e. The van der Waals surface area contributed by atoms with Crippen LogP contribution in [-0.4, -0.2) is 37.2 Å². The molecule has 0 aromatic carbocycles. The number of hydrogen-bond acceptors (Lipinski definition) is 6. The van der Waals surface area contributed by atoms with Gasteiger partial charge < -0.3 is 14.2 Å². The second kappa shape index (κ2) is 66.4. The van der Waals surface area contributed by atoms with Gasteiger partial charge in [-0.1, -0.05) is 312 Å². The van der Waals surface area contributed by atoms with Crippen molar-refractivity contribution in [2.75, 3.05) is 13.2 Å². The summed E-state index contributed by atoms with van der Waals surface area (Å²) < 4.78 is 16.9. The summed E-state index contributed by atoms with van der Waals surface area (Å²) in [6.07, 6.45) is 86.5. The summed E-state index contributed by atoms with van der Waals surface area (Å²) >= 11 is 0. The van der Waals surface area contributed by atoms with Gasteiger partial charge in [-0.15, -0.1) is 0 Å². The summed E-state index contributed by atoms with van der Waals surface area (Å²) in [5.74, 6) is -0.915. The molecule has 0 N–H and O–H groups in total. The maximum absolute atomic E-state index is 12.9. The number of carbonyl (C=O) groups is 3. The highest BCUT2D eigenvalue weighted by atomic mass is 16.6. The van der Waals surface area contributed by atoms with Gasteiger partial charge in [0.2, 0.25) is 0 Å². The lowest BCUT2D eigenvalue weighted by atomic mass is 10.0. The monoisotopic (exact) mass is 1090 g/mol. The Balaban J connectivity index is 4.22. The maximum atomic E-state index is 12.9. The second-order valence-corrected chi connectivity index (χ2v) is 22.7. The average Bonchev–Trinajstić information content (AvgIpc) is 3.44. The molecule has 0 aromatic rings. The van der Waals surface area contributed by atoms with E-state index in [0.717, 1.165) is 103 Å². The van der Waals surface area contributed by atoms with Crippen LogP contribution in [0.2, 0.25) is 0 Å². The van der Waals surface area contributed by atoms with E-state index in [2.05, 4.69) is 93.7 Å². The van der Waals surface area contributed by atoms with Crippen LogP contribution >= 0.6 is 0 Å². The molecular weight excluding hydrogens is 961 g/mol. The molecule has 0 bridgehead atoms. The number of unbranched alkanes of at least 4 members (excludes halogenated alkanes) is 39. The number of ether oxygens (including phenoxy) is 3. The Labute approximate surface area is 484 Å². The van der Waals surface area contributed by atoms with Gasteiger partial charge in [0.1, 0.15) is 13.2 Å². The van der Waals surface area contributed by atoms with Crippen molar-refractivity contribution >= 4 is 17.9 Å². The van der Waals surface area contributed by atoms with E-state index in [1.54, 1.807) is 0 Å². The van der Waals surface area contributed by atoms with Crippen LogP contribution in [-0.2, 0) is 28.6 Å². The van der Waals surface area contributed by atoms with E-state index in [1.807, 2.05) is 0 Å². The van der Waals surface area contributed by atoms with Gasteiger partial charge in [-0.25, -0.2) is 0 Å². The lowest BCUT2D eigenvalue weighted by molar-refractivity contribution is -0.167. The molecule has 0 amide bonds. The average molecular weight is 1090 g/mol. The molecule has 0 aliphatic rings. The largest absolute Gasteiger partial charge is 0.462 e. The molecule has 0 aliphatic heterocycles. The molecule has 0 aliphatic carbocycles. The zero-order valence-corrected chi connectivity index (χ0v) is 51.9. The van der Waals surface area contributed by atoms with Crippen molar-refractivity contribution < 1.29 is 28.6 Å². The molecule has 0 saturated heterocycles. The van der Waals surface area contributed by atoms with Crippen LogP contribution < -0.4 is 0 Å². The summed E-state index contributed by atoms with van der Waals surface area (Å²) in [6, 6.07) is 0. The highest BCUT2D eigenvalue weighted by Crippen LogP contribution is 2.18. The summed E-state index contributed by atoms with van der Waals surface area (Å²) in [4.78, 5) is 38.3. The van der Waals surface area contributed by atoms with Crippen molar-refractivity contribution in [3.8, 4) is 0 Å². The van der Waals surface area contributed by atoms with Crippen LogP contribution in [0.25, 0.3) is 0 Å². The van der Waals surface area contributed by atoms with Crippen molar-refractivity contribution in [3.63, 3.8) is 0 Å². The fourth-order valence-electron chi connectivity index (χ4n) is 9.88. The third-order valence-corrected chi connectivity index (χ3v) is 14.9. The van der Waals surface area contributed by atoms with E-state index >= 15 is 0 Å². The highest BCUT2D eigenvalue weighted by Gasteiger charge is 2.19. The van der Waals surface area contributed by atoms with Crippen molar-refractivity contribution in [3.05, 3.63) is 72.9 Å². The molecule has 452 valence electrons. The lowest BCUT2D eigenvalue weighted by Gasteiger charge is -2.18. The standard InChI is InChI=1S/C72H128O6/c1-4-7-10-13-16-19-22-25-27-29-31-32-33-34-35-36-37-38-39-40-42-43-45-47-50-53-56-59-62-65-71(74)77-68-69(67-76-70(73)64-61-58-55-52-49-24-21-18-15-12-9-6-3)78-72(75)66-63-60-57-54-51-48-46-44-41-30-28-26-23-20-17-14-11-8-5-2/h8,11,17-18,20-21,26,28,41,44,48,51,69H,4-7,9-10,12-16,19,22-25,27,29-40,42-43,45-47,49-50,52-68H2,1-3H3/b11-8-,20-17-,21-18-,28-26-,44-41-,51-48-. The third kappa shape index (κ3) is 63.7. The first-order chi connectivity index (χ1) is 38.5. The molecule has 6 nitrogen and oxygen atoms in total. The summed E-state index contributed by atoms with van der Waals surface area (Å²) in [5, 5.41) is 0. The molecule has 1 atom stereocenters. The Hall–Kier alpha value is -3.15. The van der Waals surface area contributed by atoms with Crippen LogP contribution in [0.3, 0.4) is 0 Å². The van der Waals surface area contributed by atoms with Gasteiger partial charge in [0.05, 0.1) is 0 Å². The van der Waals surface area contributed by atoms with Crippen LogP contribution in [0, 0.1) is 0 Å². The van der Waals surface area contributed by atoms with Crippen molar-refractivity contribution in [1.29, 1.82) is 0 Å². The lowest BCUT2D eigenvalue weighted by Crippen LogP contribution is -2.30. The number of allylic oxidation sites excluding steroid dienone is 12. The first-order valence-corrected chi connectivity index (χ1v) is 33.9. The van der Waals surface area contributed by atoms with E-state index in [-0.39, 0.29) is 31.1 Å². The molecule has 0 rings (SSSR count). The predicted octanol–water partition coefficient (Wildman–Crippen LogP) is 23.3. The van der Waals surface area contributed by atoms with Crippen LogP contribution in [0.4, 0.5) is 0 Å². The van der Waals surface area contributed by atoms with Crippen LogP contribution in [0.15, 0.2) is 72.9 Å². The Bertz CT molecular complexity index is 1440. The van der Waals surface area contributed by atoms with Gasteiger partial charge in [0.15, 0.2) is 6.10 Å². The van der Waals surface area contributed by atoms with Crippen molar-refractivity contribution in [2.45, 2.75) is 354 Å². The summed E-state index contributed by atoms with van der Waals surface area (Å²) in [6.45, 7) is 6.51. The fourth-order valence-corrected chi connectivity index (χ4v) is 9.88. The fraction of sp³-hybridized carbons (Fsp3) is 0.792. The quantitative estimate of drug-likeness (QED) is 0.0261. The first kappa shape index (κ1) is 74.8. The number of hydrogen-bond donors (Lipinski definition) is 0. The molecule has 1 unspecified atom stereocenters. The van der Waals surface area contributed by atoms with E-state index in [4.69, 9.17) is 14.2 Å². The first-order valence-electron chi connectivity index (χ1n) is 33.9. The van der Waals surface area contributed by atoms with E-state index in [9.17, 15) is 14.4 Å². The van der Waals surface area contributed by atoms with E-state index < -0.39 is 6.10 Å². The zero-order valence-electron chi connectivity index (χ0n) is 51.9.